The van der Waals surface area contributed by atoms with Crippen molar-refractivity contribution in [2.45, 2.75) is 12.6 Å². The summed E-state index contributed by atoms with van der Waals surface area (Å²) in [6.07, 6.45) is -1.28. The summed E-state index contributed by atoms with van der Waals surface area (Å²) >= 11 is 0. The van der Waals surface area contributed by atoms with Crippen LogP contribution in [0.25, 0.3) is 10.9 Å². The van der Waals surface area contributed by atoms with Crippen molar-refractivity contribution < 1.29 is 22.7 Å². The van der Waals surface area contributed by atoms with Gasteiger partial charge in [-0.25, -0.2) is 9.97 Å². The van der Waals surface area contributed by atoms with Gasteiger partial charge in [0, 0.05) is 42.9 Å². The number of halogens is 3. The Morgan fingerprint density at radius 3 is 2.77 bits per heavy atom. The monoisotopic (exact) mass is 419 g/mol. The molecule has 1 fully saturated rings. The number of hydrogen-bond donors (Lipinski definition) is 2. The smallest absolute Gasteiger partial charge is 0.378 e. The van der Waals surface area contributed by atoms with Crippen LogP contribution in [-0.2, 0) is 17.3 Å². The first-order valence-corrected chi connectivity index (χ1v) is 9.53. The first-order valence-electron chi connectivity index (χ1n) is 9.53. The summed E-state index contributed by atoms with van der Waals surface area (Å²) in [5, 5.41) is 3.84. The van der Waals surface area contributed by atoms with Crippen LogP contribution in [0.15, 0.2) is 36.7 Å². The Morgan fingerprint density at radius 2 is 2.00 bits per heavy atom. The average molecular weight is 419 g/mol. The van der Waals surface area contributed by atoms with Gasteiger partial charge in [-0.05, 0) is 18.1 Å². The van der Waals surface area contributed by atoms with E-state index in [1.165, 1.54) is 0 Å². The van der Waals surface area contributed by atoms with Gasteiger partial charge in [0.15, 0.2) is 0 Å². The molecule has 30 heavy (non-hydrogen) atoms. The van der Waals surface area contributed by atoms with E-state index in [0.29, 0.717) is 39.3 Å². The van der Waals surface area contributed by atoms with Crippen molar-refractivity contribution in [3.05, 3.63) is 53.6 Å². The van der Waals surface area contributed by atoms with E-state index in [1.807, 2.05) is 30.5 Å². The number of aromatic amines is 1. The number of fused-ring (bicyclic) bond motifs is 1. The lowest BCUT2D eigenvalue weighted by Gasteiger charge is -2.29. The van der Waals surface area contributed by atoms with E-state index in [1.54, 1.807) is 4.90 Å². The maximum atomic E-state index is 13.1. The summed E-state index contributed by atoms with van der Waals surface area (Å²) in [6.45, 7) is 1.73. The molecule has 2 N–H and O–H groups in total. The highest BCUT2D eigenvalue weighted by Gasteiger charge is 2.36. The number of rotatable bonds is 5. The molecule has 3 aromatic rings. The van der Waals surface area contributed by atoms with E-state index in [2.05, 4.69) is 20.3 Å². The molecule has 1 amide bonds. The predicted octanol–water partition coefficient (Wildman–Crippen LogP) is 2.79. The van der Waals surface area contributed by atoms with Crippen LogP contribution >= 0.6 is 0 Å². The second-order valence-electron chi connectivity index (χ2n) is 6.89. The predicted molar refractivity (Wildman–Crippen MR) is 104 cm³/mol. The SMILES string of the molecule is O=C(NCCc1c[nH]c2ccccc12)c1cnc(C(F)(F)F)nc1N1CCOCC1. The van der Waals surface area contributed by atoms with Crippen molar-refractivity contribution in [1.29, 1.82) is 0 Å². The number of carbonyl (C=O) groups excluding carboxylic acids is 1. The molecule has 3 heterocycles. The summed E-state index contributed by atoms with van der Waals surface area (Å²) < 4.78 is 44.5. The zero-order valence-electron chi connectivity index (χ0n) is 16.0. The molecule has 4 rings (SSSR count). The van der Waals surface area contributed by atoms with Gasteiger partial charge in [0.1, 0.15) is 11.4 Å². The number of hydrogen-bond acceptors (Lipinski definition) is 5. The van der Waals surface area contributed by atoms with Gasteiger partial charge in [0.05, 0.1) is 13.2 Å². The van der Waals surface area contributed by atoms with E-state index >= 15 is 0 Å². The molecule has 7 nitrogen and oxygen atoms in total. The van der Waals surface area contributed by atoms with Gasteiger partial charge in [-0.3, -0.25) is 4.79 Å². The van der Waals surface area contributed by atoms with Gasteiger partial charge in [-0.1, -0.05) is 18.2 Å². The Kier molecular flexibility index (Phi) is 5.58. The average Bonchev–Trinajstić information content (AvgIpc) is 3.16. The van der Waals surface area contributed by atoms with Crippen molar-refractivity contribution in [3.8, 4) is 0 Å². The van der Waals surface area contributed by atoms with Gasteiger partial charge in [0.25, 0.3) is 5.91 Å². The molecular formula is C20H20F3N5O2. The first kappa shape index (κ1) is 20.1. The zero-order chi connectivity index (χ0) is 21.1. The van der Waals surface area contributed by atoms with Crippen molar-refractivity contribution >= 4 is 22.6 Å². The van der Waals surface area contributed by atoms with Crippen LogP contribution in [0.2, 0.25) is 0 Å². The second-order valence-corrected chi connectivity index (χ2v) is 6.89. The fraction of sp³-hybridized carbons (Fsp3) is 0.350. The Balaban J connectivity index is 1.50. The lowest BCUT2D eigenvalue weighted by atomic mass is 10.1. The number of alkyl halides is 3. The van der Waals surface area contributed by atoms with Gasteiger partial charge in [-0.15, -0.1) is 0 Å². The summed E-state index contributed by atoms with van der Waals surface area (Å²) in [6, 6.07) is 7.82. The molecule has 1 aromatic carbocycles. The van der Waals surface area contributed by atoms with E-state index < -0.39 is 17.9 Å². The largest absolute Gasteiger partial charge is 0.451 e. The van der Waals surface area contributed by atoms with Gasteiger partial charge < -0.3 is 19.9 Å². The highest BCUT2D eigenvalue weighted by Crippen LogP contribution is 2.29. The minimum Gasteiger partial charge on any atom is -0.378 e. The number of morpholine rings is 1. The number of anilines is 1. The summed E-state index contributed by atoms with van der Waals surface area (Å²) in [7, 11) is 0. The second kappa shape index (κ2) is 8.31. The van der Waals surface area contributed by atoms with Crippen LogP contribution in [0, 0.1) is 0 Å². The number of carbonyl (C=O) groups is 1. The van der Waals surface area contributed by atoms with Crippen molar-refractivity contribution in [2.24, 2.45) is 0 Å². The first-order chi connectivity index (χ1) is 14.4. The lowest BCUT2D eigenvalue weighted by molar-refractivity contribution is -0.144. The number of amides is 1. The minimum atomic E-state index is -4.69. The summed E-state index contributed by atoms with van der Waals surface area (Å²) in [5.74, 6) is -1.80. The van der Waals surface area contributed by atoms with E-state index in [-0.39, 0.29) is 11.4 Å². The molecular weight excluding hydrogens is 399 g/mol. The fourth-order valence-electron chi connectivity index (χ4n) is 3.43. The Hall–Kier alpha value is -3.14. The molecule has 10 heteroatoms. The Labute approximate surface area is 170 Å². The summed E-state index contributed by atoms with van der Waals surface area (Å²) in [4.78, 5) is 24.5. The van der Waals surface area contributed by atoms with Gasteiger partial charge in [0.2, 0.25) is 5.82 Å². The summed E-state index contributed by atoms with van der Waals surface area (Å²) in [5.41, 5.74) is 2.07. The maximum absolute atomic E-state index is 13.1. The zero-order valence-corrected chi connectivity index (χ0v) is 16.0. The maximum Gasteiger partial charge on any atom is 0.451 e. The molecule has 0 atom stereocenters. The molecule has 0 bridgehead atoms. The topological polar surface area (TPSA) is 83.1 Å². The highest BCUT2D eigenvalue weighted by atomic mass is 19.4. The Morgan fingerprint density at radius 1 is 1.23 bits per heavy atom. The third kappa shape index (κ3) is 4.23. The third-order valence-electron chi connectivity index (χ3n) is 4.93. The number of ether oxygens (including phenoxy) is 1. The van der Waals surface area contributed by atoms with Crippen LogP contribution in [0.3, 0.4) is 0 Å². The molecule has 1 saturated heterocycles. The molecule has 1 aliphatic heterocycles. The molecule has 0 spiro atoms. The van der Waals surface area contributed by atoms with E-state index in [0.717, 1.165) is 22.7 Å². The highest BCUT2D eigenvalue weighted by molar-refractivity contribution is 5.98. The number of nitrogens with zero attached hydrogens (tertiary/aromatic N) is 3. The van der Waals surface area contributed by atoms with Crippen LogP contribution < -0.4 is 10.2 Å². The number of para-hydroxylation sites is 1. The number of aromatic nitrogens is 3. The van der Waals surface area contributed by atoms with E-state index in [4.69, 9.17) is 4.74 Å². The van der Waals surface area contributed by atoms with Crippen molar-refractivity contribution in [2.75, 3.05) is 37.7 Å². The molecule has 158 valence electrons. The molecule has 0 aliphatic carbocycles. The molecule has 0 radical (unpaired) electrons. The number of H-pyrrole nitrogens is 1. The quantitative estimate of drug-likeness (QED) is 0.665. The molecule has 1 aliphatic rings. The number of benzene rings is 1. The van der Waals surface area contributed by atoms with Crippen LogP contribution in [0.4, 0.5) is 19.0 Å². The normalized spacial score (nSPS) is 14.8. The molecule has 2 aromatic heterocycles. The van der Waals surface area contributed by atoms with Crippen LogP contribution in [0.1, 0.15) is 21.7 Å². The van der Waals surface area contributed by atoms with Gasteiger partial charge >= 0.3 is 6.18 Å². The van der Waals surface area contributed by atoms with Crippen LogP contribution in [-0.4, -0.2) is 53.7 Å². The molecule has 0 unspecified atom stereocenters. The van der Waals surface area contributed by atoms with Gasteiger partial charge in [-0.2, -0.15) is 13.2 Å². The van der Waals surface area contributed by atoms with E-state index in [9.17, 15) is 18.0 Å². The molecule has 0 saturated carbocycles. The van der Waals surface area contributed by atoms with Crippen molar-refractivity contribution in [1.82, 2.24) is 20.3 Å². The fourth-order valence-corrected chi connectivity index (χ4v) is 3.43. The van der Waals surface area contributed by atoms with Crippen molar-refractivity contribution in [3.63, 3.8) is 0 Å². The lowest BCUT2D eigenvalue weighted by Crippen LogP contribution is -2.39. The van der Waals surface area contributed by atoms with Crippen LogP contribution in [0.5, 0.6) is 0 Å². The standard InChI is InChI=1S/C20H20F3N5O2/c21-20(22,23)19-26-12-15(17(27-19)28-7-9-30-10-8-28)18(29)24-6-5-13-11-25-16-4-2-1-3-14(13)16/h1-4,11-12,25H,5-10H2,(H,24,29). The third-order valence-corrected chi connectivity index (χ3v) is 4.93. The Bertz CT molecular complexity index is 1040. The minimum absolute atomic E-state index is 0.0174. The number of nitrogens with one attached hydrogen (secondary N) is 2.